The minimum atomic E-state index is -1.01. The molecule has 1 fully saturated rings. The maximum atomic E-state index is 12.9. The van der Waals surface area contributed by atoms with Gasteiger partial charge in [0.25, 0.3) is 0 Å². The van der Waals surface area contributed by atoms with E-state index in [2.05, 4.69) is 20.8 Å². The van der Waals surface area contributed by atoms with Gasteiger partial charge in [-0.05, 0) is 11.0 Å². The number of carbonyl (C=O) groups excluding carboxylic acids is 4. The minimum absolute atomic E-state index is 0.153. The first-order chi connectivity index (χ1) is 15.4. The molecule has 3 amide bonds. The number of nitrogens with one attached hydrogen (secondary N) is 2. The van der Waals surface area contributed by atoms with E-state index >= 15 is 0 Å². The number of benzene rings is 1. The second kappa shape index (κ2) is 9.09. The first kappa shape index (κ1) is 22.0. The predicted molar refractivity (Wildman–Crippen MR) is 118 cm³/mol. The quantitative estimate of drug-likeness (QED) is 0.470. The van der Waals surface area contributed by atoms with Crippen LogP contribution in [0.2, 0.25) is 0 Å². The number of fused-ring (bicyclic) bond motifs is 1. The van der Waals surface area contributed by atoms with E-state index in [1.54, 1.807) is 5.41 Å². The highest BCUT2D eigenvalue weighted by molar-refractivity contribution is 8.03. The maximum Gasteiger partial charge on any atom is 0.333 e. The summed E-state index contributed by atoms with van der Waals surface area (Å²) in [6.45, 7) is 1.35. The van der Waals surface area contributed by atoms with Crippen molar-refractivity contribution in [2.24, 2.45) is 0 Å². The molecule has 2 aliphatic heterocycles. The lowest BCUT2D eigenvalue weighted by Crippen LogP contribution is -2.73. The largest absolute Gasteiger partial charge is 0.467 e. The van der Waals surface area contributed by atoms with Gasteiger partial charge in [-0.15, -0.1) is 22.0 Å². The van der Waals surface area contributed by atoms with Crippen LogP contribution in [0.3, 0.4) is 0 Å². The molecule has 0 bridgehead atoms. The number of hydrogen-bond acceptors (Lipinski definition) is 9. The molecule has 166 valence electrons. The third kappa shape index (κ3) is 4.23. The molecule has 3 atom stereocenters. The summed E-state index contributed by atoms with van der Waals surface area (Å²) in [6.07, 6.45) is 0.153. The number of thioether (sulfide) groups is 1. The Morgan fingerprint density at radius 2 is 1.94 bits per heavy atom. The maximum absolute atomic E-state index is 12.9. The monoisotopic (exact) mass is 473 g/mol. The average molecular weight is 474 g/mol. The van der Waals surface area contributed by atoms with Gasteiger partial charge in [0.15, 0.2) is 6.04 Å². The van der Waals surface area contributed by atoms with Crippen LogP contribution in [-0.4, -0.2) is 63.4 Å². The summed E-state index contributed by atoms with van der Waals surface area (Å²) < 4.78 is 4.93. The Kier molecular flexibility index (Phi) is 6.24. The molecule has 12 heteroatoms. The second-order valence-corrected chi connectivity index (χ2v) is 9.04. The highest BCUT2D eigenvalue weighted by Crippen LogP contribution is 2.44. The lowest BCUT2D eigenvalue weighted by Gasteiger charge is -2.51. The molecule has 2 N–H and O–H groups in total. The molecule has 0 radical (unpaired) electrons. The molecule has 0 aliphatic carbocycles. The van der Waals surface area contributed by atoms with Gasteiger partial charge in [0.05, 0.1) is 13.5 Å². The lowest BCUT2D eigenvalue weighted by atomic mass is 9.98. The Balaban J connectivity index is 1.52. The Labute approximate surface area is 191 Å². The summed E-state index contributed by atoms with van der Waals surface area (Å²) in [5.41, 5.74) is 1.29. The van der Waals surface area contributed by atoms with Gasteiger partial charge in [-0.1, -0.05) is 41.7 Å². The number of hydrogen-bond donors (Lipinski definition) is 2. The van der Waals surface area contributed by atoms with Crippen LogP contribution >= 0.6 is 23.1 Å². The van der Waals surface area contributed by atoms with Crippen molar-refractivity contribution in [3.05, 3.63) is 46.3 Å². The molecular formula is C20H19N5O5S2. The van der Waals surface area contributed by atoms with Gasteiger partial charge in [-0.25, -0.2) is 4.79 Å². The van der Waals surface area contributed by atoms with Crippen LogP contribution < -0.4 is 10.6 Å². The number of aromatic nitrogens is 2. The normalized spacial score (nSPS) is 21.7. The number of ether oxygens (including phenoxy) is 1. The van der Waals surface area contributed by atoms with Gasteiger partial charge in [0.1, 0.15) is 16.4 Å². The number of esters is 1. The smallest absolute Gasteiger partial charge is 0.333 e. The van der Waals surface area contributed by atoms with Crippen molar-refractivity contribution in [2.75, 3.05) is 12.4 Å². The lowest BCUT2D eigenvalue weighted by molar-refractivity contribution is -0.160. The van der Waals surface area contributed by atoms with Crippen molar-refractivity contribution in [3.63, 3.8) is 0 Å². The topological polar surface area (TPSA) is 131 Å². The van der Waals surface area contributed by atoms with Gasteiger partial charge in [0.2, 0.25) is 22.9 Å². The Hall–Kier alpha value is -3.25. The van der Waals surface area contributed by atoms with Crippen LogP contribution in [0.5, 0.6) is 0 Å². The molecule has 1 aromatic heterocycles. The van der Waals surface area contributed by atoms with Gasteiger partial charge in [-0.2, -0.15) is 0 Å². The van der Waals surface area contributed by atoms with Crippen LogP contribution in [-0.2, 0) is 30.3 Å². The molecule has 2 unspecified atom stereocenters. The summed E-state index contributed by atoms with van der Waals surface area (Å²) in [5.74, 6) is -1.57. The van der Waals surface area contributed by atoms with E-state index in [-0.39, 0.29) is 29.3 Å². The van der Waals surface area contributed by atoms with E-state index in [1.807, 2.05) is 30.3 Å². The van der Waals surface area contributed by atoms with Crippen molar-refractivity contribution >= 4 is 57.5 Å². The molecule has 2 aromatic rings. The van der Waals surface area contributed by atoms with Crippen LogP contribution in [0.1, 0.15) is 17.5 Å². The zero-order valence-electron chi connectivity index (χ0n) is 17.1. The number of amides is 3. The number of anilines is 1. The van der Waals surface area contributed by atoms with Gasteiger partial charge >= 0.3 is 5.97 Å². The van der Waals surface area contributed by atoms with Crippen LogP contribution in [0, 0.1) is 0 Å². The molecule has 3 heterocycles. The van der Waals surface area contributed by atoms with E-state index in [4.69, 9.17) is 4.74 Å². The molecule has 2 aliphatic rings. The van der Waals surface area contributed by atoms with Crippen molar-refractivity contribution in [2.45, 2.75) is 30.8 Å². The summed E-state index contributed by atoms with van der Waals surface area (Å²) in [7, 11) is 1.24. The second-order valence-electron chi connectivity index (χ2n) is 7.07. The summed E-state index contributed by atoms with van der Waals surface area (Å²) in [5, 5.41) is 15.2. The van der Waals surface area contributed by atoms with Gasteiger partial charge in [0, 0.05) is 12.5 Å². The van der Waals surface area contributed by atoms with E-state index in [0.717, 1.165) is 16.9 Å². The van der Waals surface area contributed by atoms with Crippen LogP contribution in [0.15, 0.2) is 35.7 Å². The zero-order valence-corrected chi connectivity index (χ0v) is 18.7. The summed E-state index contributed by atoms with van der Waals surface area (Å²) >= 11 is 2.39. The van der Waals surface area contributed by atoms with Crippen molar-refractivity contribution < 1.29 is 23.9 Å². The molecule has 0 spiro atoms. The number of β-lactam (4-membered cyclic amide) rings is 1. The standard InChI is InChI=1S/C20H19N5O5S2/c1-10(26)21-20-24-23-16(32-20)12-9-31-18-14(17(28)25(18)15(12)19(29)30-2)22-13(27)8-11-6-4-3-5-7-11/h3-7,9,14-15,18H,8H2,1-2H3,(H,22,27)(H,21,24,26)/t14?,15?,18-/m0/s1. The fraction of sp³-hybridized carbons (Fsp3) is 0.300. The predicted octanol–water partition coefficient (Wildman–Crippen LogP) is 1.02. The average Bonchev–Trinajstić information content (AvgIpc) is 3.24. The molecule has 1 aromatic carbocycles. The summed E-state index contributed by atoms with van der Waals surface area (Å²) in [4.78, 5) is 50.6. The molecule has 1 saturated heterocycles. The van der Waals surface area contributed by atoms with Crippen LogP contribution in [0.25, 0.3) is 5.57 Å². The van der Waals surface area contributed by atoms with E-state index in [9.17, 15) is 19.2 Å². The highest BCUT2D eigenvalue weighted by Gasteiger charge is 2.56. The molecule has 10 nitrogen and oxygen atoms in total. The molecule has 4 rings (SSSR count). The fourth-order valence-corrected chi connectivity index (χ4v) is 5.59. The Morgan fingerprint density at radius 1 is 1.19 bits per heavy atom. The first-order valence-corrected chi connectivity index (χ1v) is 11.3. The first-order valence-electron chi connectivity index (χ1n) is 9.59. The SMILES string of the molecule is COC(=O)C1C(c2nnc(NC(C)=O)s2)=CS[C@H]2C(NC(=O)Cc3ccccc3)C(=O)N12. The minimum Gasteiger partial charge on any atom is -0.467 e. The highest BCUT2D eigenvalue weighted by atomic mass is 32.2. The van der Waals surface area contributed by atoms with E-state index in [0.29, 0.717) is 10.6 Å². The van der Waals surface area contributed by atoms with Gasteiger partial charge in [-0.3, -0.25) is 14.4 Å². The molecule has 0 saturated carbocycles. The molecular weight excluding hydrogens is 454 g/mol. The number of methoxy groups -OCH3 is 1. The number of nitrogens with zero attached hydrogens (tertiary/aromatic N) is 3. The molecule has 32 heavy (non-hydrogen) atoms. The van der Waals surface area contributed by atoms with E-state index < -0.39 is 23.4 Å². The Bertz CT molecular complexity index is 1100. The van der Waals surface area contributed by atoms with Crippen LogP contribution in [0.4, 0.5) is 5.13 Å². The summed E-state index contributed by atoms with van der Waals surface area (Å²) in [6, 6.07) is 7.46. The van der Waals surface area contributed by atoms with E-state index in [1.165, 1.54) is 30.7 Å². The van der Waals surface area contributed by atoms with Crippen molar-refractivity contribution in [1.82, 2.24) is 20.4 Å². The third-order valence-corrected chi connectivity index (χ3v) is 6.95. The fourth-order valence-electron chi connectivity index (χ4n) is 3.46. The number of rotatable bonds is 6. The number of carbonyl (C=O) groups is 4. The van der Waals surface area contributed by atoms with Crippen molar-refractivity contribution in [1.29, 1.82) is 0 Å². The van der Waals surface area contributed by atoms with Crippen molar-refractivity contribution in [3.8, 4) is 0 Å². The van der Waals surface area contributed by atoms with Gasteiger partial charge < -0.3 is 20.3 Å². The third-order valence-electron chi connectivity index (χ3n) is 4.89. The Morgan fingerprint density at radius 3 is 2.62 bits per heavy atom. The zero-order chi connectivity index (χ0) is 22.8.